The van der Waals surface area contributed by atoms with Crippen LogP contribution in [0.25, 0.3) is 0 Å². The summed E-state index contributed by atoms with van der Waals surface area (Å²) in [5.74, 6) is -0.625. The van der Waals surface area contributed by atoms with Gasteiger partial charge in [0.2, 0.25) is 11.8 Å². The largest absolute Gasteiger partial charge is 0.369 e. The first kappa shape index (κ1) is 13.1. The first-order chi connectivity index (χ1) is 9.63. The molecule has 0 unspecified atom stereocenters. The normalized spacial score (nSPS) is 24.1. The highest BCUT2D eigenvalue weighted by atomic mass is 19.1. The number of carbonyl (C=O) groups excluding carboxylic acids is 2. The molecule has 106 valence electrons. The van der Waals surface area contributed by atoms with E-state index in [2.05, 4.69) is 10.2 Å². The van der Waals surface area contributed by atoms with Gasteiger partial charge in [-0.15, -0.1) is 0 Å². The van der Waals surface area contributed by atoms with Crippen LogP contribution in [-0.4, -0.2) is 48.9 Å². The molecule has 1 aromatic carbocycles. The molecule has 0 bridgehead atoms. The molecular weight excluding hydrogens is 261 g/mol. The van der Waals surface area contributed by atoms with E-state index in [0.29, 0.717) is 0 Å². The molecule has 2 aliphatic heterocycles. The second-order valence-electron chi connectivity index (χ2n) is 5.13. The van der Waals surface area contributed by atoms with Crippen molar-refractivity contribution < 1.29 is 14.0 Å². The Hall–Kier alpha value is -1.95. The predicted octanol–water partition coefficient (Wildman–Crippen LogP) is 0.363. The number of nitrogens with one attached hydrogen (secondary N) is 1. The van der Waals surface area contributed by atoms with Crippen LogP contribution in [-0.2, 0) is 9.59 Å². The molecule has 6 heteroatoms. The van der Waals surface area contributed by atoms with Gasteiger partial charge in [0.1, 0.15) is 5.82 Å². The van der Waals surface area contributed by atoms with Gasteiger partial charge in [0.05, 0.1) is 12.5 Å². The third kappa shape index (κ3) is 2.51. The Kier molecular flexibility index (Phi) is 3.40. The maximum absolute atomic E-state index is 12.9. The van der Waals surface area contributed by atoms with E-state index < -0.39 is 0 Å². The second-order valence-corrected chi connectivity index (χ2v) is 5.13. The molecule has 0 radical (unpaired) electrons. The van der Waals surface area contributed by atoms with Crippen LogP contribution in [0.5, 0.6) is 0 Å². The Labute approximate surface area is 116 Å². The molecule has 3 rings (SSSR count). The number of imide groups is 1. The van der Waals surface area contributed by atoms with E-state index in [1.807, 2.05) is 4.90 Å². The number of benzene rings is 1. The van der Waals surface area contributed by atoms with Crippen molar-refractivity contribution in [1.82, 2.24) is 10.2 Å². The lowest BCUT2D eigenvalue weighted by Gasteiger charge is -2.37. The fourth-order valence-electron chi connectivity index (χ4n) is 2.78. The Morgan fingerprint density at radius 1 is 1.05 bits per heavy atom. The third-order valence-corrected chi connectivity index (χ3v) is 3.89. The Bertz CT molecular complexity index is 524. The first-order valence-corrected chi connectivity index (χ1v) is 6.72. The fourth-order valence-corrected chi connectivity index (χ4v) is 2.78. The fraction of sp³-hybridized carbons (Fsp3) is 0.429. The maximum Gasteiger partial charge on any atom is 0.244 e. The van der Waals surface area contributed by atoms with Crippen molar-refractivity contribution in [1.29, 1.82) is 0 Å². The zero-order valence-corrected chi connectivity index (χ0v) is 11.0. The lowest BCUT2D eigenvalue weighted by Crippen LogP contribution is -2.52. The molecule has 2 fully saturated rings. The van der Waals surface area contributed by atoms with Crippen molar-refractivity contribution in [2.24, 2.45) is 0 Å². The number of hydrogen-bond donors (Lipinski definition) is 1. The van der Waals surface area contributed by atoms with E-state index >= 15 is 0 Å². The van der Waals surface area contributed by atoms with Crippen molar-refractivity contribution in [3.05, 3.63) is 30.1 Å². The summed E-state index contributed by atoms with van der Waals surface area (Å²) in [5.41, 5.74) is 0.984. The lowest BCUT2D eigenvalue weighted by molar-refractivity contribution is -0.126. The number of nitrogens with zero attached hydrogens (tertiary/aromatic N) is 2. The van der Waals surface area contributed by atoms with Crippen LogP contribution in [0.15, 0.2) is 24.3 Å². The minimum absolute atomic E-state index is 0.190. The van der Waals surface area contributed by atoms with Gasteiger partial charge in [-0.2, -0.15) is 0 Å². The van der Waals surface area contributed by atoms with E-state index in [0.717, 1.165) is 31.9 Å². The summed E-state index contributed by atoms with van der Waals surface area (Å²) >= 11 is 0. The molecule has 5 nitrogen and oxygen atoms in total. The minimum atomic E-state index is -0.321. The van der Waals surface area contributed by atoms with Crippen LogP contribution >= 0.6 is 0 Å². The van der Waals surface area contributed by atoms with Crippen molar-refractivity contribution in [2.45, 2.75) is 12.5 Å². The van der Waals surface area contributed by atoms with Crippen molar-refractivity contribution in [2.75, 3.05) is 31.1 Å². The first-order valence-electron chi connectivity index (χ1n) is 6.72. The maximum atomic E-state index is 12.9. The summed E-state index contributed by atoms with van der Waals surface area (Å²) in [7, 11) is 0. The highest BCUT2D eigenvalue weighted by Gasteiger charge is 2.36. The van der Waals surface area contributed by atoms with Gasteiger partial charge < -0.3 is 4.90 Å². The van der Waals surface area contributed by atoms with Crippen LogP contribution in [0.4, 0.5) is 10.1 Å². The van der Waals surface area contributed by atoms with Gasteiger partial charge >= 0.3 is 0 Å². The molecule has 2 amide bonds. The van der Waals surface area contributed by atoms with Crippen LogP contribution in [0.2, 0.25) is 0 Å². The van der Waals surface area contributed by atoms with Gasteiger partial charge in [-0.1, -0.05) is 0 Å². The summed E-state index contributed by atoms with van der Waals surface area (Å²) < 4.78 is 12.9. The number of piperazine rings is 1. The van der Waals surface area contributed by atoms with E-state index in [9.17, 15) is 14.0 Å². The van der Waals surface area contributed by atoms with Gasteiger partial charge in [-0.25, -0.2) is 4.39 Å². The average Bonchev–Trinajstić information content (AvgIpc) is 2.79. The monoisotopic (exact) mass is 277 g/mol. The van der Waals surface area contributed by atoms with Crippen LogP contribution in [0.1, 0.15) is 6.42 Å². The average molecular weight is 277 g/mol. The second kappa shape index (κ2) is 5.20. The van der Waals surface area contributed by atoms with Gasteiger partial charge in [-0.3, -0.25) is 19.8 Å². The molecular formula is C14H16FN3O2. The number of amides is 2. The molecule has 2 aliphatic rings. The highest BCUT2D eigenvalue weighted by Crippen LogP contribution is 2.19. The Morgan fingerprint density at radius 2 is 1.70 bits per heavy atom. The van der Waals surface area contributed by atoms with Gasteiger partial charge in [-0.05, 0) is 24.3 Å². The molecule has 1 N–H and O–H groups in total. The van der Waals surface area contributed by atoms with Crippen LogP contribution < -0.4 is 10.2 Å². The number of hydrogen-bond acceptors (Lipinski definition) is 4. The molecule has 20 heavy (non-hydrogen) atoms. The highest BCUT2D eigenvalue weighted by molar-refractivity contribution is 6.05. The third-order valence-electron chi connectivity index (χ3n) is 3.89. The number of halogens is 1. The lowest BCUT2D eigenvalue weighted by atomic mass is 10.1. The van der Waals surface area contributed by atoms with Crippen molar-refractivity contribution >= 4 is 17.5 Å². The summed E-state index contributed by atoms with van der Waals surface area (Å²) in [6.45, 7) is 2.98. The molecule has 2 saturated heterocycles. The molecule has 0 saturated carbocycles. The topological polar surface area (TPSA) is 52.7 Å². The number of carbonyl (C=O) groups is 2. The molecule has 2 heterocycles. The predicted molar refractivity (Wildman–Crippen MR) is 71.7 cm³/mol. The zero-order valence-electron chi connectivity index (χ0n) is 11.0. The molecule has 1 aromatic rings. The zero-order chi connectivity index (χ0) is 14.1. The van der Waals surface area contributed by atoms with Gasteiger partial charge in [0, 0.05) is 31.9 Å². The van der Waals surface area contributed by atoms with Gasteiger partial charge in [0.25, 0.3) is 0 Å². The van der Waals surface area contributed by atoms with Crippen LogP contribution in [0.3, 0.4) is 0 Å². The SMILES string of the molecule is O=C1C[C@@H](N2CCN(c3ccc(F)cc3)CC2)C(=O)N1. The standard InChI is InChI=1S/C14H16FN3O2/c15-10-1-3-11(4-2-10)17-5-7-18(8-6-17)12-9-13(19)16-14(12)20/h1-4,12H,5-9H2,(H,16,19,20)/t12-/m1/s1. The van der Waals surface area contributed by atoms with E-state index in [4.69, 9.17) is 0 Å². The van der Waals surface area contributed by atoms with Crippen molar-refractivity contribution in [3.63, 3.8) is 0 Å². The van der Waals surface area contributed by atoms with Crippen molar-refractivity contribution in [3.8, 4) is 0 Å². The molecule has 0 aliphatic carbocycles. The number of rotatable bonds is 2. The van der Waals surface area contributed by atoms with E-state index in [1.165, 1.54) is 12.1 Å². The number of anilines is 1. The Balaban J connectivity index is 1.61. The minimum Gasteiger partial charge on any atom is -0.369 e. The smallest absolute Gasteiger partial charge is 0.244 e. The van der Waals surface area contributed by atoms with Gasteiger partial charge in [0.15, 0.2) is 0 Å². The summed E-state index contributed by atoms with van der Waals surface area (Å²) in [6.07, 6.45) is 0.259. The summed E-state index contributed by atoms with van der Waals surface area (Å²) in [4.78, 5) is 27.1. The summed E-state index contributed by atoms with van der Waals surface area (Å²) in [5, 5.41) is 2.34. The molecule has 0 aromatic heterocycles. The van der Waals surface area contributed by atoms with E-state index in [-0.39, 0.29) is 30.1 Å². The van der Waals surface area contributed by atoms with Crippen LogP contribution in [0, 0.1) is 5.82 Å². The Morgan fingerprint density at radius 3 is 2.25 bits per heavy atom. The summed E-state index contributed by atoms with van der Waals surface area (Å²) in [6, 6.07) is 6.10. The molecule has 0 spiro atoms. The quantitative estimate of drug-likeness (QED) is 0.793. The van der Waals surface area contributed by atoms with E-state index in [1.54, 1.807) is 12.1 Å². The molecule has 1 atom stereocenters.